The minimum Gasteiger partial charge on any atom is -0.476 e. The third-order valence-electron chi connectivity index (χ3n) is 3.89. The summed E-state index contributed by atoms with van der Waals surface area (Å²) in [5, 5.41) is 8.81. The molecule has 1 N–H and O–H groups in total. The number of carbonyl (C=O) groups is 2. The molecule has 2 aromatic rings. The van der Waals surface area contributed by atoms with Crippen LogP contribution in [0.25, 0.3) is 0 Å². The molecule has 1 aliphatic rings. The van der Waals surface area contributed by atoms with E-state index in [2.05, 4.69) is 22.1 Å². The van der Waals surface area contributed by atoms with Crippen molar-refractivity contribution in [3.63, 3.8) is 0 Å². The molecule has 1 aromatic heterocycles. The summed E-state index contributed by atoms with van der Waals surface area (Å²) < 4.78 is 0. The third-order valence-corrected chi connectivity index (χ3v) is 5.14. The zero-order valence-corrected chi connectivity index (χ0v) is 13.8. The Labute approximate surface area is 143 Å². The predicted octanol–water partition coefficient (Wildman–Crippen LogP) is 2.43. The van der Waals surface area contributed by atoms with Gasteiger partial charge in [-0.3, -0.25) is 4.79 Å². The quantitative estimate of drug-likeness (QED) is 0.840. The highest BCUT2D eigenvalue weighted by molar-refractivity contribution is 7.99. The minimum absolute atomic E-state index is 0.162. The fourth-order valence-corrected chi connectivity index (χ4v) is 3.64. The number of carboxylic acids is 1. The predicted molar refractivity (Wildman–Crippen MR) is 90.2 cm³/mol. The van der Waals surface area contributed by atoms with Gasteiger partial charge in [0.2, 0.25) is 0 Å². The Bertz CT molecular complexity index is 722. The summed E-state index contributed by atoms with van der Waals surface area (Å²) in [7, 11) is 0. The number of amides is 1. The molecular formula is C17H17N3O3S. The van der Waals surface area contributed by atoms with Crippen molar-refractivity contribution in [2.24, 2.45) is 5.92 Å². The Kier molecular flexibility index (Phi) is 5.10. The van der Waals surface area contributed by atoms with E-state index in [-0.39, 0.29) is 17.3 Å². The molecule has 1 aliphatic heterocycles. The van der Waals surface area contributed by atoms with Gasteiger partial charge in [-0.2, -0.15) is 0 Å². The molecule has 1 aromatic carbocycles. The molecule has 1 unspecified atom stereocenters. The number of thioether (sulfide) groups is 1. The number of hydrogen-bond acceptors (Lipinski definition) is 5. The fraction of sp³-hybridized carbons (Fsp3) is 0.294. The summed E-state index contributed by atoms with van der Waals surface area (Å²) in [5.41, 5.74) is 0.0291. The molecule has 0 aliphatic carbocycles. The second kappa shape index (κ2) is 7.44. The molecule has 0 saturated carbocycles. The topological polar surface area (TPSA) is 83.4 Å². The van der Waals surface area contributed by atoms with Gasteiger partial charge < -0.3 is 10.0 Å². The average molecular weight is 343 g/mol. The van der Waals surface area contributed by atoms with Gasteiger partial charge in [-0.25, -0.2) is 14.8 Å². The summed E-state index contributed by atoms with van der Waals surface area (Å²) in [4.78, 5) is 33.9. The van der Waals surface area contributed by atoms with E-state index in [4.69, 9.17) is 5.11 Å². The summed E-state index contributed by atoms with van der Waals surface area (Å²) in [6, 6.07) is 10.2. The maximum absolute atomic E-state index is 12.4. The highest BCUT2D eigenvalue weighted by Crippen LogP contribution is 2.26. The first-order valence-corrected chi connectivity index (χ1v) is 8.64. The summed E-state index contributed by atoms with van der Waals surface area (Å²) >= 11 is 1.80. The van der Waals surface area contributed by atoms with E-state index in [1.54, 1.807) is 16.7 Å². The van der Waals surface area contributed by atoms with Crippen molar-refractivity contribution in [1.29, 1.82) is 0 Å². The maximum atomic E-state index is 12.4. The molecule has 1 amide bonds. The van der Waals surface area contributed by atoms with Crippen molar-refractivity contribution in [2.75, 3.05) is 18.8 Å². The number of rotatable bonds is 5. The van der Waals surface area contributed by atoms with Gasteiger partial charge in [-0.1, -0.05) is 18.2 Å². The molecule has 1 atom stereocenters. The van der Waals surface area contributed by atoms with Gasteiger partial charge in [-0.05, 0) is 24.5 Å². The van der Waals surface area contributed by atoms with E-state index in [9.17, 15) is 9.59 Å². The summed E-state index contributed by atoms with van der Waals surface area (Å²) in [6.07, 6.45) is 3.32. The minimum atomic E-state index is -1.15. The van der Waals surface area contributed by atoms with Crippen LogP contribution in [-0.2, 0) is 0 Å². The molecule has 1 fully saturated rings. The summed E-state index contributed by atoms with van der Waals surface area (Å²) in [6.45, 7) is 1.39. The molecule has 0 bridgehead atoms. The lowest BCUT2D eigenvalue weighted by Crippen LogP contribution is -2.30. The van der Waals surface area contributed by atoms with Crippen LogP contribution in [0.1, 0.15) is 27.4 Å². The van der Waals surface area contributed by atoms with Gasteiger partial charge in [0, 0.05) is 23.7 Å². The van der Waals surface area contributed by atoms with Crippen LogP contribution in [0.3, 0.4) is 0 Å². The number of aromatic carboxylic acids is 1. The van der Waals surface area contributed by atoms with E-state index in [1.165, 1.54) is 11.1 Å². The Morgan fingerprint density at radius 3 is 2.54 bits per heavy atom. The third kappa shape index (κ3) is 3.91. The van der Waals surface area contributed by atoms with Crippen LogP contribution in [0.2, 0.25) is 0 Å². The van der Waals surface area contributed by atoms with Crippen molar-refractivity contribution in [2.45, 2.75) is 11.3 Å². The molecule has 124 valence electrons. The van der Waals surface area contributed by atoms with Crippen LogP contribution >= 0.6 is 11.8 Å². The molecule has 24 heavy (non-hydrogen) atoms. The highest BCUT2D eigenvalue weighted by Gasteiger charge is 2.28. The van der Waals surface area contributed by atoms with Gasteiger partial charge in [0.05, 0.1) is 12.4 Å². The van der Waals surface area contributed by atoms with Crippen LogP contribution in [0.5, 0.6) is 0 Å². The number of carboxylic acid groups (broad SMARTS) is 1. The van der Waals surface area contributed by atoms with E-state index in [0.29, 0.717) is 19.0 Å². The van der Waals surface area contributed by atoms with Crippen molar-refractivity contribution in [3.05, 3.63) is 54.1 Å². The molecule has 3 rings (SSSR count). The van der Waals surface area contributed by atoms with Crippen LogP contribution in [0.15, 0.2) is 47.6 Å². The van der Waals surface area contributed by atoms with E-state index in [1.807, 2.05) is 18.2 Å². The fourth-order valence-electron chi connectivity index (χ4n) is 2.59. The second-order valence-corrected chi connectivity index (χ2v) is 6.72. The molecule has 0 radical (unpaired) electrons. The second-order valence-electron chi connectivity index (χ2n) is 5.62. The van der Waals surface area contributed by atoms with Crippen LogP contribution in [0, 0.1) is 5.92 Å². The number of likely N-dealkylation sites (tertiary alicyclic amines) is 1. The lowest BCUT2D eigenvalue weighted by Gasteiger charge is -2.15. The number of carbonyl (C=O) groups excluding carboxylic acids is 1. The van der Waals surface area contributed by atoms with Gasteiger partial charge in [0.25, 0.3) is 5.91 Å². The van der Waals surface area contributed by atoms with E-state index in [0.717, 1.165) is 18.4 Å². The van der Waals surface area contributed by atoms with Crippen molar-refractivity contribution in [1.82, 2.24) is 14.9 Å². The van der Waals surface area contributed by atoms with E-state index < -0.39 is 5.97 Å². The first kappa shape index (κ1) is 16.4. The summed E-state index contributed by atoms with van der Waals surface area (Å²) in [5.74, 6) is 0.0787. The van der Waals surface area contributed by atoms with Crippen molar-refractivity contribution < 1.29 is 14.7 Å². The monoisotopic (exact) mass is 343 g/mol. The SMILES string of the molecule is O=C(O)c1cnc(C(=O)N2CCC(CSc3ccccc3)C2)cn1. The smallest absolute Gasteiger partial charge is 0.356 e. The van der Waals surface area contributed by atoms with Gasteiger partial charge in [0.1, 0.15) is 5.69 Å². The van der Waals surface area contributed by atoms with Crippen molar-refractivity contribution in [3.8, 4) is 0 Å². The number of aromatic nitrogens is 2. The Morgan fingerprint density at radius 1 is 1.17 bits per heavy atom. The molecule has 2 heterocycles. The zero-order chi connectivity index (χ0) is 16.9. The van der Waals surface area contributed by atoms with Crippen LogP contribution < -0.4 is 0 Å². The van der Waals surface area contributed by atoms with E-state index >= 15 is 0 Å². The lowest BCUT2D eigenvalue weighted by molar-refractivity contribution is 0.0687. The van der Waals surface area contributed by atoms with Gasteiger partial charge >= 0.3 is 5.97 Å². The molecular weight excluding hydrogens is 326 g/mol. The molecule has 1 saturated heterocycles. The molecule has 0 spiro atoms. The number of hydrogen-bond donors (Lipinski definition) is 1. The molecule has 6 nitrogen and oxygen atoms in total. The van der Waals surface area contributed by atoms with Gasteiger partial charge in [0.15, 0.2) is 5.69 Å². The number of benzene rings is 1. The maximum Gasteiger partial charge on any atom is 0.356 e. The lowest BCUT2D eigenvalue weighted by atomic mass is 10.2. The zero-order valence-electron chi connectivity index (χ0n) is 13.0. The van der Waals surface area contributed by atoms with Crippen LogP contribution in [-0.4, -0.2) is 50.7 Å². The molecule has 7 heteroatoms. The van der Waals surface area contributed by atoms with Gasteiger partial charge in [-0.15, -0.1) is 11.8 Å². The van der Waals surface area contributed by atoms with Crippen molar-refractivity contribution >= 4 is 23.6 Å². The Morgan fingerprint density at radius 2 is 1.88 bits per heavy atom. The Balaban J connectivity index is 1.54. The standard InChI is InChI=1S/C17H17N3O3S/c21-16(14-8-19-15(9-18-14)17(22)23)20-7-6-12(10-20)11-24-13-4-2-1-3-5-13/h1-5,8-9,12H,6-7,10-11H2,(H,22,23). The Hall–Kier alpha value is -2.41. The first-order valence-electron chi connectivity index (χ1n) is 7.66. The average Bonchev–Trinajstić information content (AvgIpc) is 3.09. The highest BCUT2D eigenvalue weighted by atomic mass is 32.2. The normalized spacial score (nSPS) is 17.0. The first-order chi connectivity index (χ1) is 11.6. The van der Waals surface area contributed by atoms with Crippen LogP contribution in [0.4, 0.5) is 0 Å². The number of nitrogens with zero attached hydrogens (tertiary/aromatic N) is 3. The largest absolute Gasteiger partial charge is 0.476 e.